The van der Waals surface area contributed by atoms with E-state index in [1.165, 1.54) is 14.0 Å². The van der Waals surface area contributed by atoms with E-state index in [4.69, 9.17) is 16.3 Å². The van der Waals surface area contributed by atoms with Gasteiger partial charge in [-0.15, -0.1) is 0 Å². The van der Waals surface area contributed by atoms with Crippen LogP contribution < -0.4 is 14.8 Å². The number of halogens is 1. The van der Waals surface area contributed by atoms with Crippen molar-refractivity contribution in [2.45, 2.75) is 6.92 Å². The number of nitrogens with one attached hydrogen (secondary N) is 2. The molecule has 6 nitrogen and oxygen atoms in total. The molecule has 2 aromatic rings. The maximum absolute atomic E-state index is 12.3. The minimum absolute atomic E-state index is 0.361. The second-order valence-electron chi connectivity index (χ2n) is 5.49. The first-order chi connectivity index (χ1) is 11.8. The van der Waals surface area contributed by atoms with Crippen LogP contribution in [0.25, 0.3) is 0 Å². The first-order valence-electron chi connectivity index (χ1n) is 7.50. The molecule has 25 heavy (non-hydrogen) atoms. The van der Waals surface area contributed by atoms with E-state index in [-0.39, 0.29) is 5.75 Å². The van der Waals surface area contributed by atoms with Crippen molar-refractivity contribution in [1.82, 2.24) is 0 Å². The van der Waals surface area contributed by atoms with Crippen LogP contribution in [-0.2, 0) is 14.8 Å². The summed E-state index contributed by atoms with van der Waals surface area (Å²) in [5.41, 5.74) is 0.817. The van der Waals surface area contributed by atoms with Crippen LogP contribution in [0, 0.1) is 5.92 Å². The van der Waals surface area contributed by atoms with Crippen LogP contribution in [0.3, 0.4) is 0 Å². The molecule has 1 amide bonds. The first kappa shape index (κ1) is 19.1. The third-order valence-electron chi connectivity index (χ3n) is 3.39. The summed E-state index contributed by atoms with van der Waals surface area (Å²) in [7, 11) is -2.21. The number of hydrogen-bond donors (Lipinski definition) is 2. The molecule has 0 heterocycles. The van der Waals surface area contributed by atoms with Crippen molar-refractivity contribution in [2.75, 3.05) is 22.9 Å². The van der Waals surface area contributed by atoms with Gasteiger partial charge in [-0.2, -0.15) is 0 Å². The number of carbonyl (C=O) groups is 1. The van der Waals surface area contributed by atoms with Gasteiger partial charge < -0.3 is 10.1 Å². The number of anilines is 2. The summed E-state index contributed by atoms with van der Waals surface area (Å²) in [6.45, 7) is 1.54. The summed E-state index contributed by atoms with van der Waals surface area (Å²) in [5.74, 6) is -1.02. The van der Waals surface area contributed by atoms with Crippen molar-refractivity contribution in [1.29, 1.82) is 0 Å². The van der Waals surface area contributed by atoms with Crippen LogP contribution in [0.15, 0.2) is 48.5 Å². The summed E-state index contributed by atoms with van der Waals surface area (Å²) in [5, 5.41) is 3.02. The van der Waals surface area contributed by atoms with Crippen LogP contribution in [0.4, 0.5) is 11.4 Å². The fourth-order valence-corrected chi connectivity index (χ4v) is 3.69. The van der Waals surface area contributed by atoms with Gasteiger partial charge in [0.1, 0.15) is 5.75 Å². The maximum Gasteiger partial charge on any atom is 0.233 e. The van der Waals surface area contributed by atoms with Crippen molar-refractivity contribution < 1.29 is 17.9 Å². The van der Waals surface area contributed by atoms with E-state index in [9.17, 15) is 13.2 Å². The highest BCUT2D eigenvalue weighted by molar-refractivity contribution is 7.92. The number of sulfonamides is 1. The Hall–Kier alpha value is -2.25. The third-order valence-corrected chi connectivity index (χ3v) is 5.21. The second-order valence-corrected chi connectivity index (χ2v) is 7.66. The van der Waals surface area contributed by atoms with E-state index in [1.807, 2.05) is 0 Å². The number of carbonyl (C=O) groups excluding carboxylic acids is 1. The van der Waals surface area contributed by atoms with Crippen molar-refractivity contribution in [2.24, 2.45) is 5.92 Å². The van der Waals surface area contributed by atoms with Crippen molar-refractivity contribution in [3.8, 4) is 5.75 Å². The molecule has 0 saturated heterocycles. The zero-order valence-electron chi connectivity index (χ0n) is 13.8. The summed E-state index contributed by atoms with van der Waals surface area (Å²) < 4.78 is 32.0. The summed E-state index contributed by atoms with van der Waals surface area (Å²) in [6.07, 6.45) is 0. The Labute approximate surface area is 152 Å². The molecule has 0 aliphatic heterocycles. The maximum atomic E-state index is 12.3. The molecule has 0 bridgehead atoms. The Morgan fingerprint density at radius 2 is 1.92 bits per heavy atom. The standard InChI is InChI=1S/C17H19ClN2O4S/c1-12(17(21)19-16-9-4-3-8-15(16)18)11-25(22,23)20-13-6-5-7-14(10-13)24-2/h3-10,12,20H,11H2,1-2H3,(H,19,21). The molecule has 8 heteroatoms. The fraction of sp³-hybridized carbons (Fsp3) is 0.235. The number of methoxy groups -OCH3 is 1. The molecule has 0 aromatic heterocycles. The van der Waals surface area contributed by atoms with Crippen molar-refractivity contribution in [3.05, 3.63) is 53.6 Å². The van der Waals surface area contributed by atoms with Crippen molar-refractivity contribution >= 4 is 38.9 Å². The average Bonchev–Trinajstić information content (AvgIpc) is 2.56. The van der Waals surface area contributed by atoms with E-state index in [1.54, 1.807) is 48.5 Å². The summed E-state index contributed by atoms with van der Waals surface area (Å²) >= 11 is 5.98. The highest BCUT2D eigenvalue weighted by Crippen LogP contribution is 2.22. The molecule has 134 valence electrons. The van der Waals surface area contributed by atoms with E-state index >= 15 is 0 Å². The van der Waals surface area contributed by atoms with E-state index in [0.29, 0.717) is 22.1 Å². The molecule has 1 atom stereocenters. The molecule has 0 radical (unpaired) electrons. The van der Waals surface area contributed by atoms with E-state index in [0.717, 1.165) is 0 Å². The van der Waals surface area contributed by atoms with Gasteiger partial charge in [-0.05, 0) is 24.3 Å². The van der Waals surface area contributed by atoms with Gasteiger partial charge in [-0.3, -0.25) is 9.52 Å². The third kappa shape index (κ3) is 5.65. The molecule has 2 rings (SSSR count). The van der Waals surface area contributed by atoms with Crippen LogP contribution >= 0.6 is 11.6 Å². The average molecular weight is 383 g/mol. The van der Waals surface area contributed by atoms with Gasteiger partial charge in [0.05, 0.1) is 35.2 Å². The lowest BCUT2D eigenvalue weighted by atomic mass is 10.2. The first-order valence-corrected chi connectivity index (χ1v) is 9.53. The zero-order valence-corrected chi connectivity index (χ0v) is 15.4. The highest BCUT2D eigenvalue weighted by Gasteiger charge is 2.22. The summed E-state index contributed by atoms with van der Waals surface area (Å²) in [6, 6.07) is 13.3. The Morgan fingerprint density at radius 1 is 1.20 bits per heavy atom. The highest BCUT2D eigenvalue weighted by atomic mass is 35.5. The monoisotopic (exact) mass is 382 g/mol. The Balaban J connectivity index is 2.01. The molecule has 0 aliphatic carbocycles. The largest absolute Gasteiger partial charge is 0.497 e. The van der Waals surface area contributed by atoms with Crippen LogP contribution in [0.1, 0.15) is 6.92 Å². The Bertz CT molecular complexity index is 855. The van der Waals surface area contributed by atoms with Crippen molar-refractivity contribution in [3.63, 3.8) is 0 Å². The fourth-order valence-electron chi connectivity index (χ4n) is 2.13. The molecular formula is C17H19ClN2O4S. The zero-order chi connectivity index (χ0) is 18.4. The molecule has 2 aromatic carbocycles. The number of ether oxygens (including phenoxy) is 1. The molecule has 1 unspecified atom stereocenters. The number of amides is 1. The molecule has 2 N–H and O–H groups in total. The lowest BCUT2D eigenvalue weighted by Crippen LogP contribution is -2.30. The second kappa shape index (κ2) is 8.22. The number of benzene rings is 2. The Morgan fingerprint density at radius 3 is 2.60 bits per heavy atom. The quantitative estimate of drug-likeness (QED) is 0.768. The minimum atomic E-state index is -3.71. The van der Waals surface area contributed by atoms with Gasteiger partial charge in [0.15, 0.2) is 0 Å². The van der Waals surface area contributed by atoms with E-state index in [2.05, 4.69) is 10.0 Å². The number of rotatable bonds is 7. The lowest BCUT2D eigenvalue weighted by Gasteiger charge is -2.15. The smallest absolute Gasteiger partial charge is 0.233 e. The van der Waals surface area contributed by atoms with Crippen LogP contribution in [0.5, 0.6) is 5.75 Å². The van der Waals surface area contributed by atoms with Crippen LogP contribution in [0.2, 0.25) is 5.02 Å². The number of hydrogen-bond acceptors (Lipinski definition) is 4. The molecule has 0 aliphatic rings. The lowest BCUT2D eigenvalue weighted by molar-refractivity contribution is -0.118. The van der Waals surface area contributed by atoms with Gasteiger partial charge in [-0.1, -0.05) is 36.7 Å². The van der Waals surface area contributed by atoms with Gasteiger partial charge in [0.2, 0.25) is 15.9 Å². The molecule has 0 fully saturated rings. The van der Waals surface area contributed by atoms with Gasteiger partial charge in [0.25, 0.3) is 0 Å². The van der Waals surface area contributed by atoms with Gasteiger partial charge >= 0.3 is 0 Å². The molecule has 0 spiro atoms. The topological polar surface area (TPSA) is 84.5 Å². The van der Waals surface area contributed by atoms with Crippen LogP contribution in [-0.4, -0.2) is 27.2 Å². The predicted molar refractivity (Wildman–Crippen MR) is 99.6 cm³/mol. The molecule has 0 saturated carbocycles. The molecular weight excluding hydrogens is 364 g/mol. The van der Waals surface area contributed by atoms with E-state index < -0.39 is 21.8 Å². The SMILES string of the molecule is COc1cccc(NS(=O)(=O)CC(C)C(=O)Nc2ccccc2Cl)c1. The Kier molecular flexibility index (Phi) is 6.27. The van der Waals surface area contributed by atoms with Gasteiger partial charge in [-0.25, -0.2) is 8.42 Å². The normalized spacial score (nSPS) is 12.3. The number of para-hydroxylation sites is 1. The summed E-state index contributed by atoms with van der Waals surface area (Å²) in [4.78, 5) is 12.2. The predicted octanol–water partition coefficient (Wildman–Crippen LogP) is 3.37. The minimum Gasteiger partial charge on any atom is -0.497 e. The van der Waals surface area contributed by atoms with Gasteiger partial charge in [0, 0.05) is 6.07 Å².